The molecule has 2 aromatic rings. The number of halogens is 2. The highest BCUT2D eigenvalue weighted by Crippen LogP contribution is 2.33. The molecule has 0 aliphatic carbocycles. The number of nitro benzene ring substituents is 1. The van der Waals surface area contributed by atoms with Gasteiger partial charge in [-0.3, -0.25) is 10.1 Å². The molecule has 19 heavy (non-hydrogen) atoms. The predicted molar refractivity (Wildman–Crippen MR) is 67.1 cm³/mol. The second-order valence-electron chi connectivity index (χ2n) is 3.74. The first kappa shape index (κ1) is 13.2. The Morgan fingerprint density at radius 1 is 1.37 bits per heavy atom. The van der Waals surface area contributed by atoms with Crippen molar-refractivity contribution in [3.63, 3.8) is 0 Å². The van der Waals surface area contributed by atoms with Gasteiger partial charge < -0.3 is 4.74 Å². The molecule has 7 heteroatoms. The van der Waals surface area contributed by atoms with Crippen LogP contribution < -0.4 is 4.74 Å². The Labute approximate surface area is 112 Å². The average molecular weight is 283 g/mol. The number of benzene rings is 1. The van der Waals surface area contributed by atoms with E-state index in [1.807, 2.05) is 0 Å². The molecule has 1 heterocycles. The maximum atomic E-state index is 13.0. The monoisotopic (exact) mass is 282 g/mol. The topological polar surface area (TPSA) is 65.3 Å². The molecule has 0 saturated heterocycles. The van der Waals surface area contributed by atoms with Crippen molar-refractivity contribution in [1.29, 1.82) is 0 Å². The van der Waals surface area contributed by atoms with E-state index in [1.54, 1.807) is 6.92 Å². The fourth-order valence-corrected chi connectivity index (χ4v) is 1.58. The van der Waals surface area contributed by atoms with Gasteiger partial charge >= 0.3 is 5.69 Å². The molecular weight excluding hydrogens is 275 g/mol. The highest BCUT2D eigenvalue weighted by Gasteiger charge is 2.17. The Morgan fingerprint density at radius 2 is 2.11 bits per heavy atom. The molecule has 0 amide bonds. The number of rotatable bonds is 3. The molecule has 2 rings (SSSR count). The summed E-state index contributed by atoms with van der Waals surface area (Å²) < 4.78 is 18.4. The normalized spacial score (nSPS) is 10.3. The lowest BCUT2D eigenvalue weighted by molar-refractivity contribution is -0.385. The smallest absolute Gasteiger partial charge is 0.314 e. The Balaban J connectivity index is 2.43. The molecule has 0 N–H and O–H groups in total. The van der Waals surface area contributed by atoms with E-state index in [0.29, 0.717) is 11.3 Å². The summed E-state index contributed by atoms with van der Waals surface area (Å²) in [6, 6.07) is 4.51. The summed E-state index contributed by atoms with van der Waals surface area (Å²) in [6.45, 7) is 1.72. The van der Waals surface area contributed by atoms with E-state index in [9.17, 15) is 14.5 Å². The summed E-state index contributed by atoms with van der Waals surface area (Å²) in [5.41, 5.74) is 0.204. The average Bonchev–Trinajstić information content (AvgIpc) is 2.35. The van der Waals surface area contributed by atoms with Gasteiger partial charge in [-0.1, -0.05) is 11.6 Å². The van der Waals surface area contributed by atoms with E-state index in [1.165, 1.54) is 18.3 Å². The van der Waals surface area contributed by atoms with Gasteiger partial charge in [0.25, 0.3) is 0 Å². The van der Waals surface area contributed by atoms with Crippen LogP contribution in [0, 0.1) is 22.9 Å². The van der Waals surface area contributed by atoms with Crippen LogP contribution in [0.1, 0.15) is 5.56 Å². The van der Waals surface area contributed by atoms with Crippen LogP contribution in [0.25, 0.3) is 0 Å². The fraction of sp³-hybridized carbons (Fsp3) is 0.0833. The van der Waals surface area contributed by atoms with E-state index in [0.717, 1.165) is 12.1 Å². The van der Waals surface area contributed by atoms with E-state index >= 15 is 0 Å². The molecule has 0 bridgehead atoms. The van der Waals surface area contributed by atoms with Gasteiger partial charge in [-0.25, -0.2) is 9.37 Å². The minimum absolute atomic E-state index is 0.0585. The highest BCUT2D eigenvalue weighted by molar-refractivity contribution is 6.29. The maximum Gasteiger partial charge on any atom is 0.314 e. The third-order valence-corrected chi connectivity index (χ3v) is 2.56. The van der Waals surface area contributed by atoms with Crippen molar-refractivity contribution >= 4 is 17.3 Å². The van der Waals surface area contributed by atoms with Crippen molar-refractivity contribution in [3.8, 4) is 11.5 Å². The molecular formula is C12H8ClFN2O3. The molecule has 0 spiro atoms. The predicted octanol–water partition coefficient (Wildman–Crippen LogP) is 3.88. The Hall–Kier alpha value is -2.21. The Morgan fingerprint density at radius 3 is 2.79 bits per heavy atom. The Kier molecular flexibility index (Phi) is 3.62. The third kappa shape index (κ3) is 2.97. The zero-order valence-electron chi connectivity index (χ0n) is 9.76. The zero-order valence-corrected chi connectivity index (χ0v) is 10.5. The highest BCUT2D eigenvalue weighted by atomic mass is 35.5. The van der Waals surface area contributed by atoms with E-state index in [4.69, 9.17) is 16.3 Å². The lowest BCUT2D eigenvalue weighted by atomic mass is 10.2. The van der Waals surface area contributed by atoms with Crippen molar-refractivity contribution in [2.75, 3.05) is 0 Å². The van der Waals surface area contributed by atoms with Gasteiger partial charge in [0.2, 0.25) is 5.75 Å². The standard InChI is InChI=1S/C12H8ClFN2O3/c1-7-6-15-12(13)5-11(7)19-10-3-2-8(14)4-9(10)16(17)18/h2-6H,1H3. The van der Waals surface area contributed by atoms with Crippen LogP contribution in [0.4, 0.5) is 10.1 Å². The summed E-state index contributed by atoms with van der Waals surface area (Å²) >= 11 is 5.73. The fourth-order valence-electron chi connectivity index (χ4n) is 1.43. The summed E-state index contributed by atoms with van der Waals surface area (Å²) in [6.07, 6.45) is 1.48. The van der Waals surface area contributed by atoms with Gasteiger partial charge in [0.05, 0.1) is 11.0 Å². The van der Waals surface area contributed by atoms with Gasteiger partial charge in [0.15, 0.2) is 0 Å². The first-order valence-corrected chi connectivity index (χ1v) is 5.59. The molecule has 0 unspecified atom stereocenters. The molecule has 0 radical (unpaired) electrons. The largest absolute Gasteiger partial charge is 0.450 e. The zero-order chi connectivity index (χ0) is 14.0. The third-order valence-electron chi connectivity index (χ3n) is 2.36. The van der Waals surface area contributed by atoms with Gasteiger partial charge in [-0.05, 0) is 19.1 Å². The summed E-state index contributed by atoms with van der Waals surface area (Å²) in [7, 11) is 0. The molecule has 0 aliphatic heterocycles. The molecule has 98 valence electrons. The van der Waals surface area contributed by atoms with Crippen LogP contribution in [0.2, 0.25) is 5.15 Å². The Bertz CT molecular complexity index is 649. The number of pyridine rings is 1. The van der Waals surface area contributed by atoms with Crippen LogP contribution in [0.3, 0.4) is 0 Å². The SMILES string of the molecule is Cc1cnc(Cl)cc1Oc1ccc(F)cc1[N+](=O)[O-]. The van der Waals surface area contributed by atoms with Crippen LogP contribution >= 0.6 is 11.6 Å². The lowest BCUT2D eigenvalue weighted by Crippen LogP contribution is -1.96. The first-order valence-electron chi connectivity index (χ1n) is 5.21. The number of nitrogens with zero attached hydrogens (tertiary/aromatic N) is 2. The summed E-state index contributed by atoms with van der Waals surface area (Å²) in [5.74, 6) is -0.435. The van der Waals surface area contributed by atoms with Crippen molar-refractivity contribution in [1.82, 2.24) is 4.98 Å². The van der Waals surface area contributed by atoms with E-state index in [2.05, 4.69) is 4.98 Å². The first-order chi connectivity index (χ1) is 8.97. The van der Waals surface area contributed by atoms with Crippen LogP contribution in [-0.4, -0.2) is 9.91 Å². The number of ether oxygens (including phenoxy) is 1. The number of hydrogen-bond donors (Lipinski definition) is 0. The van der Waals surface area contributed by atoms with Crippen molar-refractivity contribution in [2.24, 2.45) is 0 Å². The molecule has 1 aromatic carbocycles. The number of aryl methyl sites for hydroxylation is 1. The quantitative estimate of drug-likeness (QED) is 0.487. The molecule has 0 saturated carbocycles. The second kappa shape index (κ2) is 5.19. The molecule has 0 atom stereocenters. The number of aromatic nitrogens is 1. The van der Waals surface area contributed by atoms with Gasteiger partial charge in [0.1, 0.15) is 16.7 Å². The van der Waals surface area contributed by atoms with Crippen molar-refractivity contribution < 1.29 is 14.1 Å². The van der Waals surface area contributed by atoms with E-state index in [-0.39, 0.29) is 10.9 Å². The van der Waals surface area contributed by atoms with E-state index < -0.39 is 16.4 Å². The van der Waals surface area contributed by atoms with Gasteiger partial charge in [-0.15, -0.1) is 0 Å². The molecule has 0 aliphatic rings. The summed E-state index contributed by atoms with van der Waals surface area (Å²) in [5, 5.41) is 11.0. The molecule has 1 aromatic heterocycles. The number of hydrogen-bond acceptors (Lipinski definition) is 4. The maximum absolute atomic E-state index is 13.0. The van der Waals surface area contributed by atoms with Gasteiger partial charge in [0, 0.05) is 17.8 Å². The molecule has 5 nitrogen and oxygen atoms in total. The second-order valence-corrected chi connectivity index (χ2v) is 4.13. The lowest BCUT2D eigenvalue weighted by Gasteiger charge is -2.08. The number of nitro groups is 1. The molecule has 0 fully saturated rings. The van der Waals surface area contributed by atoms with Crippen LogP contribution in [0.5, 0.6) is 11.5 Å². The minimum atomic E-state index is -0.712. The van der Waals surface area contributed by atoms with Crippen LogP contribution in [0.15, 0.2) is 30.5 Å². The van der Waals surface area contributed by atoms with Crippen LogP contribution in [-0.2, 0) is 0 Å². The van der Waals surface area contributed by atoms with Crippen molar-refractivity contribution in [2.45, 2.75) is 6.92 Å². The van der Waals surface area contributed by atoms with Gasteiger partial charge in [-0.2, -0.15) is 0 Å². The van der Waals surface area contributed by atoms with Crippen molar-refractivity contribution in [3.05, 3.63) is 57.1 Å². The minimum Gasteiger partial charge on any atom is -0.450 e. The summed E-state index contributed by atoms with van der Waals surface area (Å²) in [4.78, 5) is 14.0.